The van der Waals surface area contributed by atoms with E-state index in [1.54, 1.807) is 44.2 Å². The lowest BCUT2D eigenvalue weighted by Gasteiger charge is -2.16. The van der Waals surface area contributed by atoms with Crippen molar-refractivity contribution in [1.82, 2.24) is 0 Å². The van der Waals surface area contributed by atoms with Crippen molar-refractivity contribution < 1.29 is 28.2 Å². The number of hydrogen-bond donors (Lipinski definition) is 0. The molecule has 0 saturated carbocycles. The lowest BCUT2D eigenvalue weighted by atomic mass is 9.94. The molecular weight excluding hydrogens is 366 g/mol. The largest absolute Gasteiger partial charge is 0.497 e. The van der Waals surface area contributed by atoms with Crippen LogP contribution in [0.25, 0.3) is 11.3 Å². The number of carbonyl (C=O) groups is 2. The van der Waals surface area contributed by atoms with Crippen molar-refractivity contribution in [2.75, 3.05) is 20.3 Å². The molecule has 0 N–H and O–H groups in total. The molecule has 0 aliphatic carbocycles. The molecule has 1 aromatic heterocycles. The number of methoxy groups -OCH3 is 1. The Morgan fingerprint density at radius 2 is 1.68 bits per heavy atom. The van der Waals surface area contributed by atoms with Gasteiger partial charge in [-0.25, -0.2) is 4.79 Å². The number of carbonyl (C=O) groups excluding carboxylic acids is 2. The molecule has 0 bridgehead atoms. The third-order valence-corrected chi connectivity index (χ3v) is 3.82. The third-order valence-electron chi connectivity index (χ3n) is 3.82. The van der Waals surface area contributed by atoms with Gasteiger partial charge in [-0.3, -0.25) is 9.59 Å². The van der Waals surface area contributed by atoms with Gasteiger partial charge in [0.05, 0.1) is 20.3 Å². The Morgan fingerprint density at radius 1 is 1.11 bits per heavy atom. The average molecular weight is 385 g/mol. The van der Waals surface area contributed by atoms with Gasteiger partial charge in [-0.05, 0) is 44.2 Å². The molecule has 8 nitrogen and oxygen atoms in total. The van der Waals surface area contributed by atoms with Gasteiger partial charge >= 0.3 is 17.6 Å². The van der Waals surface area contributed by atoms with Gasteiger partial charge in [0.1, 0.15) is 23.1 Å². The van der Waals surface area contributed by atoms with Crippen LogP contribution in [0.5, 0.6) is 5.75 Å². The minimum atomic E-state index is -1.57. The Kier molecular flexibility index (Phi) is 6.93. The van der Waals surface area contributed by atoms with Crippen molar-refractivity contribution in [3.63, 3.8) is 0 Å². The van der Waals surface area contributed by atoms with Crippen LogP contribution in [0.2, 0.25) is 0 Å². The van der Waals surface area contributed by atoms with Crippen LogP contribution < -0.4 is 10.4 Å². The van der Waals surface area contributed by atoms with E-state index in [9.17, 15) is 19.6 Å². The highest BCUT2D eigenvalue weighted by molar-refractivity contribution is 6.01. The topological polar surface area (TPSA) is 116 Å². The van der Waals surface area contributed by atoms with Gasteiger partial charge in [0.25, 0.3) is 0 Å². The van der Waals surface area contributed by atoms with Gasteiger partial charge in [0.15, 0.2) is 5.92 Å². The van der Waals surface area contributed by atoms with Crippen LogP contribution in [0.15, 0.2) is 39.5 Å². The Labute approximate surface area is 161 Å². The highest BCUT2D eigenvalue weighted by Crippen LogP contribution is 2.28. The van der Waals surface area contributed by atoms with E-state index in [4.69, 9.17) is 18.6 Å². The van der Waals surface area contributed by atoms with Crippen LogP contribution in [0.4, 0.5) is 0 Å². The van der Waals surface area contributed by atoms with Gasteiger partial charge < -0.3 is 18.6 Å². The molecule has 0 amide bonds. The SMILES string of the molecule is CCOC(=O)C(C(=O)OCC)c1cc(-c2ccc(OC)cc2)oc(=O)c1C#N. The number of hydrogen-bond acceptors (Lipinski definition) is 8. The maximum Gasteiger partial charge on any atom is 0.354 e. The highest BCUT2D eigenvalue weighted by atomic mass is 16.6. The number of nitriles is 1. The van der Waals surface area contributed by atoms with Crippen LogP contribution >= 0.6 is 0 Å². The van der Waals surface area contributed by atoms with E-state index in [-0.39, 0.29) is 24.5 Å². The molecule has 0 radical (unpaired) electrons. The summed E-state index contributed by atoms with van der Waals surface area (Å²) in [7, 11) is 1.51. The fraction of sp³-hybridized carbons (Fsp3) is 0.300. The smallest absolute Gasteiger partial charge is 0.354 e. The zero-order valence-electron chi connectivity index (χ0n) is 15.7. The van der Waals surface area contributed by atoms with E-state index in [0.717, 1.165) is 0 Å². The first kappa shape index (κ1) is 20.7. The molecule has 0 unspecified atom stereocenters. The second-order valence-electron chi connectivity index (χ2n) is 5.51. The summed E-state index contributed by atoms with van der Waals surface area (Å²) in [5, 5.41) is 9.37. The molecule has 0 fully saturated rings. The van der Waals surface area contributed by atoms with Crippen LogP contribution in [0.1, 0.15) is 30.9 Å². The minimum absolute atomic E-state index is 0.0173. The summed E-state index contributed by atoms with van der Waals surface area (Å²) in [6.07, 6.45) is 0. The maximum atomic E-state index is 12.4. The van der Waals surface area contributed by atoms with Crippen LogP contribution in [-0.4, -0.2) is 32.3 Å². The van der Waals surface area contributed by atoms with Crippen LogP contribution in [0.3, 0.4) is 0 Å². The Morgan fingerprint density at radius 3 is 2.14 bits per heavy atom. The highest BCUT2D eigenvalue weighted by Gasteiger charge is 2.35. The van der Waals surface area contributed by atoms with E-state index in [1.165, 1.54) is 13.2 Å². The molecule has 146 valence electrons. The number of rotatable bonds is 7. The van der Waals surface area contributed by atoms with Crippen LogP contribution in [0, 0.1) is 11.3 Å². The van der Waals surface area contributed by atoms with E-state index in [1.807, 2.05) is 0 Å². The van der Waals surface area contributed by atoms with Crippen LogP contribution in [-0.2, 0) is 19.1 Å². The van der Waals surface area contributed by atoms with Gasteiger partial charge in [-0.1, -0.05) is 0 Å². The summed E-state index contributed by atoms with van der Waals surface area (Å²) in [6, 6.07) is 9.58. The number of ether oxygens (including phenoxy) is 3. The van der Waals surface area contributed by atoms with E-state index in [2.05, 4.69) is 0 Å². The maximum absolute atomic E-state index is 12.4. The Hall–Kier alpha value is -3.60. The summed E-state index contributed by atoms with van der Waals surface area (Å²) in [5.41, 5.74) is -1.05. The van der Waals surface area contributed by atoms with Gasteiger partial charge in [0.2, 0.25) is 0 Å². The molecule has 28 heavy (non-hydrogen) atoms. The molecular formula is C20H19NO7. The monoisotopic (exact) mass is 385 g/mol. The summed E-state index contributed by atoms with van der Waals surface area (Å²) in [5.74, 6) is -2.72. The van der Waals surface area contributed by atoms with Crippen molar-refractivity contribution in [3.8, 4) is 23.1 Å². The first-order chi connectivity index (χ1) is 13.5. The summed E-state index contributed by atoms with van der Waals surface area (Å²) >= 11 is 0. The standard InChI is InChI=1S/C20H19NO7/c1-4-26-19(23)17(20(24)27-5-2)14-10-16(28-18(22)15(14)11-21)12-6-8-13(25-3)9-7-12/h6-10,17H,4-5H2,1-3H3. The average Bonchev–Trinajstić information content (AvgIpc) is 2.68. The lowest BCUT2D eigenvalue weighted by Crippen LogP contribution is -2.28. The predicted octanol–water partition coefficient (Wildman–Crippen LogP) is 2.40. The second-order valence-corrected chi connectivity index (χ2v) is 5.51. The molecule has 2 rings (SSSR count). The number of nitrogens with zero attached hydrogens (tertiary/aromatic N) is 1. The Balaban J connectivity index is 2.66. The molecule has 8 heteroatoms. The fourth-order valence-electron chi connectivity index (χ4n) is 2.55. The lowest BCUT2D eigenvalue weighted by molar-refractivity contribution is -0.156. The fourth-order valence-corrected chi connectivity index (χ4v) is 2.55. The first-order valence-corrected chi connectivity index (χ1v) is 8.52. The summed E-state index contributed by atoms with van der Waals surface area (Å²) in [4.78, 5) is 37.1. The van der Waals surface area contributed by atoms with Crippen molar-refractivity contribution >= 4 is 11.9 Å². The number of benzene rings is 1. The summed E-state index contributed by atoms with van der Waals surface area (Å²) in [6.45, 7) is 3.19. The van der Waals surface area contributed by atoms with E-state index < -0.39 is 29.0 Å². The summed E-state index contributed by atoms with van der Waals surface area (Å²) < 4.78 is 20.2. The van der Waals surface area contributed by atoms with Gasteiger partial charge in [-0.2, -0.15) is 5.26 Å². The first-order valence-electron chi connectivity index (χ1n) is 8.52. The zero-order chi connectivity index (χ0) is 20.7. The van der Waals surface area contributed by atoms with Crippen molar-refractivity contribution in [1.29, 1.82) is 5.26 Å². The molecule has 1 heterocycles. The third kappa shape index (κ3) is 4.38. The van der Waals surface area contributed by atoms with Crippen molar-refractivity contribution in [2.24, 2.45) is 0 Å². The molecule has 0 aliphatic heterocycles. The minimum Gasteiger partial charge on any atom is -0.497 e. The Bertz CT molecular complexity index is 936. The quantitative estimate of drug-likeness (QED) is 0.527. The van der Waals surface area contributed by atoms with Crippen molar-refractivity contribution in [3.05, 3.63) is 51.9 Å². The molecule has 0 atom stereocenters. The second kappa shape index (κ2) is 9.37. The van der Waals surface area contributed by atoms with E-state index in [0.29, 0.717) is 11.3 Å². The normalized spacial score (nSPS) is 10.2. The van der Waals surface area contributed by atoms with Crippen molar-refractivity contribution in [2.45, 2.75) is 19.8 Å². The number of esters is 2. The van der Waals surface area contributed by atoms with E-state index >= 15 is 0 Å². The predicted molar refractivity (Wildman–Crippen MR) is 97.7 cm³/mol. The molecule has 0 saturated heterocycles. The molecule has 2 aromatic rings. The zero-order valence-corrected chi connectivity index (χ0v) is 15.7. The molecule has 1 aromatic carbocycles. The van der Waals surface area contributed by atoms with Gasteiger partial charge in [-0.15, -0.1) is 0 Å². The molecule has 0 spiro atoms. The molecule has 0 aliphatic rings. The van der Waals surface area contributed by atoms with Gasteiger partial charge in [0, 0.05) is 11.1 Å².